The van der Waals surface area contributed by atoms with Crippen molar-refractivity contribution < 1.29 is 35.9 Å². The Bertz CT molecular complexity index is 1320. The molecule has 0 bridgehead atoms. The highest BCUT2D eigenvalue weighted by Crippen LogP contribution is 2.32. The summed E-state index contributed by atoms with van der Waals surface area (Å²) < 4.78 is 70.6. The van der Waals surface area contributed by atoms with Crippen LogP contribution in [0.25, 0.3) is 11.1 Å². The van der Waals surface area contributed by atoms with Gasteiger partial charge in [0.1, 0.15) is 4.90 Å². The molecule has 0 aromatic heterocycles. The molecule has 1 N–H and O–H groups in total. The Labute approximate surface area is 192 Å². The molecule has 0 fully saturated rings. The molecule has 11 heteroatoms. The molecule has 0 saturated heterocycles. The number of hydrogen-bond donors (Lipinski definition) is 1. The van der Waals surface area contributed by atoms with Crippen LogP contribution in [0.15, 0.2) is 71.6 Å². The quantitative estimate of drug-likeness (QED) is 0.505. The number of alkyl halides is 3. The van der Waals surface area contributed by atoms with Crippen LogP contribution in [0.4, 0.5) is 13.2 Å². The SMILES string of the molecule is COC(=O)c1c(Cl)cccc1S(=O)(=O)NC(=O)c1ccc(-c2cccc(C(F)(F)F)c2)cc1. The van der Waals surface area contributed by atoms with Crippen molar-refractivity contribution in [1.82, 2.24) is 4.72 Å². The average Bonchev–Trinajstić information content (AvgIpc) is 2.77. The lowest BCUT2D eigenvalue weighted by Gasteiger charge is -2.12. The predicted molar refractivity (Wildman–Crippen MR) is 114 cm³/mol. The van der Waals surface area contributed by atoms with Crippen LogP contribution in [0.2, 0.25) is 5.02 Å². The van der Waals surface area contributed by atoms with Gasteiger partial charge in [0.25, 0.3) is 15.9 Å². The molecule has 0 heterocycles. The van der Waals surface area contributed by atoms with Crippen LogP contribution in [-0.2, 0) is 20.9 Å². The van der Waals surface area contributed by atoms with E-state index in [1.54, 1.807) is 0 Å². The lowest BCUT2D eigenvalue weighted by Crippen LogP contribution is -2.31. The van der Waals surface area contributed by atoms with Crippen LogP contribution in [0.3, 0.4) is 0 Å². The van der Waals surface area contributed by atoms with Crippen molar-refractivity contribution in [3.8, 4) is 11.1 Å². The van der Waals surface area contributed by atoms with E-state index in [0.717, 1.165) is 25.3 Å². The van der Waals surface area contributed by atoms with E-state index >= 15 is 0 Å². The highest BCUT2D eigenvalue weighted by Gasteiger charge is 2.30. The monoisotopic (exact) mass is 497 g/mol. The number of carbonyl (C=O) groups excluding carboxylic acids is 2. The van der Waals surface area contributed by atoms with Gasteiger partial charge in [0, 0.05) is 5.56 Å². The first kappa shape index (κ1) is 24.3. The molecule has 6 nitrogen and oxygen atoms in total. The standard InChI is InChI=1S/C22H15ClF3NO5S/c1-32-21(29)19-17(23)6-3-7-18(19)33(30,31)27-20(28)14-10-8-13(9-11-14)15-4-2-5-16(12-15)22(24,25)26/h2-12H,1H3,(H,27,28). The zero-order valence-electron chi connectivity index (χ0n) is 16.8. The van der Waals surface area contributed by atoms with E-state index in [1.165, 1.54) is 48.5 Å². The number of methoxy groups -OCH3 is 1. The Morgan fingerprint density at radius 3 is 2.18 bits per heavy atom. The minimum Gasteiger partial charge on any atom is -0.465 e. The molecule has 3 rings (SSSR count). The lowest BCUT2D eigenvalue weighted by molar-refractivity contribution is -0.137. The summed E-state index contributed by atoms with van der Waals surface area (Å²) >= 11 is 5.93. The number of carbonyl (C=O) groups is 2. The summed E-state index contributed by atoms with van der Waals surface area (Å²) in [4.78, 5) is 23.9. The van der Waals surface area contributed by atoms with Gasteiger partial charge in [-0.2, -0.15) is 13.2 Å². The minimum atomic E-state index is -4.51. The maximum atomic E-state index is 12.9. The Balaban J connectivity index is 1.86. The third-order valence-electron chi connectivity index (χ3n) is 4.55. The molecule has 172 valence electrons. The van der Waals surface area contributed by atoms with Gasteiger partial charge < -0.3 is 4.74 Å². The summed E-state index contributed by atoms with van der Waals surface area (Å²) in [5.41, 5.74) is -0.664. The Kier molecular flexibility index (Phi) is 6.80. The number of esters is 1. The Morgan fingerprint density at radius 2 is 1.58 bits per heavy atom. The number of amides is 1. The second kappa shape index (κ2) is 9.24. The van der Waals surface area contributed by atoms with E-state index < -0.39 is 44.1 Å². The fourth-order valence-corrected chi connectivity index (χ4v) is 4.45. The van der Waals surface area contributed by atoms with Gasteiger partial charge in [0.2, 0.25) is 0 Å². The molecule has 0 unspecified atom stereocenters. The predicted octanol–water partition coefficient (Wildman–Crippen LogP) is 4.93. The lowest BCUT2D eigenvalue weighted by atomic mass is 10.0. The molecule has 0 atom stereocenters. The van der Waals surface area contributed by atoms with E-state index in [2.05, 4.69) is 4.74 Å². The Morgan fingerprint density at radius 1 is 0.939 bits per heavy atom. The molecular weight excluding hydrogens is 483 g/mol. The van der Waals surface area contributed by atoms with Crippen molar-refractivity contribution in [3.05, 3.63) is 88.4 Å². The van der Waals surface area contributed by atoms with Gasteiger partial charge in [0.15, 0.2) is 0 Å². The first-order valence-electron chi connectivity index (χ1n) is 9.15. The highest BCUT2D eigenvalue weighted by molar-refractivity contribution is 7.90. The van der Waals surface area contributed by atoms with Gasteiger partial charge in [0.05, 0.1) is 23.3 Å². The maximum Gasteiger partial charge on any atom is 0.416 e. The molecule has 0 aliphatic carbocycles. The summed E-state index contributed by atoms with van der Waals surface area (Å²) in [5, 5.41) is -0.178. The summed E-state index contributed by atoms with van der Waals surface area (Å²) in [7, 11) is -3.46. The maximum absolute atomic E-state index is 12.9. The van der Waals surface area contributed by atoms with Crippen molar-refractivity contribution >= 4 is 33.5 Å². The second-order valence-corrected chi connectivity index (χ2v) is 8.75. The van der Waals surface area contributed by atoms with Gasteiger partial charge in [-0.3, -0.25) is 4.79 Å². The molecule has 0 radical (unpaired) electrons. The van der Waals surface area contributed by atoms with E-state index in [1.807, 2.05) is 4.72 Å². The molecule has 0 aliphatic rings. The summed E-state index contributed by atoms with van der Waals surface area (Å²) in [6.45, 7) is 0. The number of halogens is 4. The van der Waals surface area contributed by atoms with Crippen molar-refractivity contribution in [1.29, 1.82) is 0 Å². The zero-order valence-corrected chi connectivity index (χ0v) is 18.4. The zero-order chi connectivity index (χ0) is 24.4. The number of ether oxygens (including phenoxy) is 1. The molecule has 3 aromatic rings. The molecule has 0 spiro atoms. The van der Waals surface area contributed by atoms with Gasteiger partial charge in [-0.1, -0.05) is 41.9 Å². The largest absolute Gasteiger partial charge is 0.465 e. The molecular formula is C22H15ClF3NO5S. The van der Waals surface area contributed by atoms with Crippen LogP contribution < -0.4 is 4.72 Å². The fraction of sp³-hybridized carbons (Fsp3) is 0.0909. The summed E-state index contributed by atoms with van der Waals surface area (Å²) in [5.74, 6) is -2.01. The first-order chi connectivity index (χ1) is 15.4. The van der Waals surface area contributed by atoms with Crippen LogP contribution in [-0.4, -0.2) is 27.4 Å². The van der Waals surface area contributed by atoms with E-state index in [0.29, 0.717) is 5.56 Å². The fourth-order valence-electron chi connectivity index (χ4n) is 2.95. The van der Waals surface area contributed by atoms with E-state index in [-0.39, 0.29) is 16.1 Å². The number of rotatable bonds is 5. The van der Waals surface area contributed by atoms with Gasteiger partial charge >= 0.3 is 12.1 Å². The van der Waals surface area contributed by atoms with Crippen molar-refractivity contribution in [2.45, 2.75) is 11.1 Å². The second-order valence-electron chi connectivity index (χ2n) is 6.70. The third-order valence-corrected chi connectivity index (χ3v) is 6.24. The number of benzene rings is 3. The van der Waals surface area contributed by atoms with Gasteiger partial charge in [-0.15, -0.1) is 0 Å². The van der Waals surface area contributed by atoms with Crippen LogP contribution in [0.5, 0.6) is 0 Å². The van der Waals surface area contributed by atoms with Crippen molar-refractivity contribution in [3.63, 3.8) is 0 Å². The topological polar surface area (TPSA) is 89.5 Å². The number of sulfonamides is 1. The van der Waals surface area contributed by atoms with E-state index in [4.69, 9.17) is 11.6 Å². The Hall–Kier alpha value is -3.37. The number of nitrogens with one attached hydrogen (secondary N) is 1. The first-order valence-corrected chi connectivity index (χ1v) is 11.0. The smallest absolute Gasteiger partial charge is 0.416 e. The molecule has 0 saturated carbocycles. The highest BCUT2D eigenvalue weighted by atomic mass is 35.5. The molecule has 3 aromatic carbocycles. The number of hydrogen-bond acceptors (Lipinski definition) is 5. The van der Waals surface area contributed by atoms with Crippen molar-refractivity contribution in [2.24, 2.45) is 0 Å². The normalized spacial score (nSPS) is 11.7. The molecule has 33 heavy (non-hydrogen) atoms. The molecule has 0 aliphatic heterocycles. The molecule has 1 amide bonds. The van der Waals surface area contributed by atoms with Crippen LogP contribution in [0.1, 0.15) is 26.3 Å². The van der Waals surface area contributed by atoms with Gasteiger partial charge in [-0.05, 0) is 47.5 Å². The third kappa shape index (κ3) is 5.35. The van der Waals surface area contributed by atoms with Gasteiger partial charge in [-0.25, -0.2) is 17.9 Å². The van der Waals surface area contributed by atoms with Crippen LogP contribution >= 0.6 is 11.6 Å². The summed E-state index contributed by atoms with van der Waals surface area (Å²) in [6.07, 6.45) is -4.51. The van der Waals surface area contributed by atoms with E-state index in [9.17, 15) is 31.2 Å². The van der Waals surface area contributed by atoms with Crippen LogP contribution in [0, 0.1) is 0 Å². The summed E-state index contributed by atoms with van der Waals surface area (Å²) in [6, 6.07) is 13.6. The minimum absolute atomic E-state index is 0.0732. The average molecular weight is 498 g/mol. The van der Waals surface area contributed by atoms with Crippen molar-refractivity contribution in [2.75, 3.05) is 7.11 Å².